The molecule has 0 atom stereocenters. The molecule has 2 heterocycles. The Hall–Kier alpha value is -3.41. The van der Waals surface area contributed by atoms with Gasteiger partial charge >= 0.3 is 12.8 Å². The minimum absolute atomic E-state index is 0.0276. The Labute approximate surface area is 195 Å². The van der Waals surface area contributed by atoms with Gasteiger partial charge in [0.15, 0.2) is 5.13 Å². The van der Waals surface area contributed by atoms with E-state index in [0.717, 1.165) is 12.1 Å². The van der Waals surface area contributed by atoms with Crippen LogP contribution in [0.2, 0.25) is 0 Å². The monoisotopic (exact) mass is 498 g/mol. The first kappa shape index (κ1) is 23.7. The van der Waals surface area contributed by atoms with Gasteiger partial charge < -0.3 is 19.9 Å². The molecule has 0 radical (unpaired) electrons. The Morgan fingerprint density at radius 3 is 2.41 bits per heavy atom. The summed E-state index contributed by atoms with van der Waals surface area (Å²) < 4.78 is 67.7. The average Bonchev–Trinajstić information content (AvgIpc) is 3.28. The number of ether oxygens (including phenoxy) is 1. The fraction of sp³-hybridized carbons (Fsp3) is 0.273. The maximum atomic E-state index is 13.0. The zero-order chi connectivity index (χ0) is 24.3. The van der Waals surface area contributed by atoms with E-state index in [4.69, 9.17) is 0 Å². The van der Waals surface area contributed by atoms with Crippen LogP contribution in [0.25, 0.3) is 0 Å². The van der Waals surface area contributed by atoms with Gasteiger partial charge in [0.05, 0.1) is 5.56 Å². The summed E-state index contributed by atoms with van der Waals surface area (Å²) in [6.45, 7) is -1.41. The molecule has 0 aliphatic carbocycles. The molecule has 1 amide bonds. The van der Waals surface area contributed by atoms with Gasteiger partial charge in [-0.3, -0.25) is 4.79 Å². The molecule has 1 fully saturated rings. The summed E-state index contributed by atoms with van der Waals surface area (Å²) in [5.41, 5.74) is 0.594. The minimum atomic E-state index is -4.41. The van der Waals surface area contributed by atoms with Gasteiger partial charge in [0, 0.05) is 42.9 Å². The zero-order valence-electron chi connectivity index (χ0n) is 17.6. The molecule has 1 N–H and O–H groups in total. The molecule has 3 aromatic rings. The summed E-state index contributed by atoms with van der Waals surface area (Å²) in [7, 11) is 0. The van der Waals surface area contributed by atoms with Crippen molar-refractivity contribution in [1.29, 1.82) is 0 Å². The third kappa shape index (κ3) is 5.74. The number of carbonyl (C=O) groups excluding carboxylic acids is 1. The van der Waals surface area contributed by atoms with Crippen LogP contribution < -0.4 is 15.0 Å². The van der Waals surface area contributed by atoms with Crippen LogP contribution in [0, 0.1) is 0 Å². The highest BCUT2D eigenvalue weighted by atomic mass is 32.1. The van der Waals surface area contributed by atoms with E-state index in [2.05, 4.69) is 15.0 Å². The van der Waals surface area contributed by atoms with Crippen molar-refractivity contribution >= 4 is 33.8 Å². The van der Waals surface area contributed by atoms with E-state index in [1.54, 1.807) is 28.5 Å². The highest BCUT2D eigenvalue weighted by molar-refractivity contribution is 7.14. The lowest BCUT2D eigenvalue weighted by Crippen LogP contribution is -2.48. The standard InChI is InChI=1S/C22H19F5N4O2S/c23-20(24)33-17-6-4-15(5-7-17)28-21-29-18(13-34-21)19(32)31-10-8-30(9-11-31)16-3-1-2-14(12-16)22(25,26)27/h1-7,12-13,20H,8-11H2,(H,28,29). The van der Waals surface area contributed by atoms with Gasteiger partial charge in [-0.1, -0.05) is 6.07 Å². The number of hydrogen-bond acceptors (Lipinski definition) is 6. The Morgan fingerprint density at radius 2 is 1.76 bits per heavy atom. The van der Waals surface area contributed by atoms with Gasteiger partial charge in [0.2, 0.25) is 0 Å². The zero-order valence-corrected chi connectivity index (χ0v) is 18.4. The lowest BCUT2D eigenvalue weighted by Gasteiger charge is -2.36. The van der Waals surface area contributed by atoms with Crippen molar-refractivity contribution in [3.8, 4) is 5.75 Å². The summed E-state index contributed by atoms with van der Waals surface area (Å²) in [6.07, 6.45) is -4.41. The van der Waals surface area contributed by atoms with E-state index in [1.165, 1.54) is 29.5 Å². The van der Waals surface area contributed by atoms with Crippen molar-refractivity contribution in [2.24, 2.45) is 0 Å². The van der Waals surface area contributed by atoms with E-state index < -0.39 is 18.4 Å². The predicted octanol–water partition coefficient (Wildman–Crippen LogP) is 5.47. The van der Waals surface area contributed by atoms with Crippen molar-refractivity contribution in [3.63, 3.8) is 0 Å². The fourth-order valence-electron chi connectivity index (χ4n) is 3.48. The number of nitrogens with one attached hydrogen (secondary N) is 1. The van der Waals surface area contributed by atoms with Crippen molar-refractivity contribution in [2.75, 3.05) is 36.4 Å². The molecule has 0 saturated carbocycles. The predicted molar refractivity (Wildman–Crippen MR) is 118 cm³/mol. The van der Waals surface area contributed by atoms with Gasteiger partial charge in [0.1, 0.15) is 11.4 Å². The number of rotatable bonds is 6. The van der Waals surface area contributed by atoms with E-state index in [1.807, 2.05) is 4.90 Å². The van der Waals surface area contributed by atoms with Gasteiger partial charge in [-0.15, -0.1) is 11.3 Å². The quantitative estimate of drug-likeness (QED) is 0.457. The molecule has 6 nitrogen and oxygen atoms in total. The molecule has 0 bridgehead atoms. The van der Waals surface area contributed by atoms with Gasteiger partial charge in [0.25, 0.3) is 5.91 Å². The Kier molecular flexibility index (Phi) is 6.87. The number of thiazole rings is 1. The minimum Gasteiger partial charge on any atom is -0.435 e. The van der Waals surface area contributed by atoms with E-state index in [-0.39, 0.29) is 17.4 Å². The number of hydrogen-bond donors (Lipinski definition) is 1. The topological polar surface area (TPSA) is 57.7 Å². The van der Waals surface area contributed by atoms with Crippen molar-refractivity contribution < 1.29 is 31.5 Å². The van der Waals surface area contributed by atoms with Crippen LogP contribution in [-0.2, 0) is 6.18 Å². The maximum absolute atomic E-state index is 13.0. The van der Waals surface area contributed by atoms with Crippen molar-refractivity contribution in [1.82, 2.24) is 9.88 Å². The molecule has 34 heavy (non-hydrogen) atoms. The molecule has 4 rings (SSSR count). The molecule has 12 heteroatoms. The van der Waals surface area contributed by atoms with Crippen LogP contribution in [0.3, 0.4) is 0 Å². The fourth-order valence-corrected chi connectivity index (χ4v) is 4.19. The number of alkyl halides is 5. The summed E-state index contributed by atoms with van der Waals surface area (Å²) in [5.74, 6) is -0.242. The average molecular weight is 498 g/mol. The van der Waals surface area contributed by atoms with E-state index in [9.17, 15) is 26.7 Å². The highest BCUT2D eigenvalue weighted by Gasteiger charge is 2.31. The molecule has 1 aliphatic heterocycles. The molecule has 1 aliphatic rings. The highest BCUT2D eigenvalue weighted by Crippen LogP contribution is 2.32. The van der Waals surface area contributed by atoms with Crippen LogP contribution in [-0.4, -0.2) is 48.6 Å². The van der Waals surface area contributed by atoms with Crippen LogP contribution >= 0.6 is 11.3 Å². The Balaban J connectivity index is 1.33. The number of carbonyl (C=O) groups is 1. The molecule has 0 unspecified atom stereocenters. The summed E-state index contributed by atoms with van der Waals surface area (Å²) in [6, 6.07) is 11.0. The number of piperazine rings is 1. The number of benzene rings is 2. The molecule has 0 spiro atoms. The van der Waals surface area contributed by atoms with Crippen LogP contribution in [0.5, 0.6) is 5.75 Å². The van der Waals surface area contributed by atoms with E-state index in [0.29, 0.717) is 42.7 Å². The molecule has 2 aromatic carbocycles. The molecular formula is C22H19F5N4O2S. The lowest BCUT2D eigenvalue weighted by atomic mass is 10.1. The normalized spacial score (nSPS) is 14.4. The second-order valence-electron chi connectivity index (χ2n) is 7.39. The Bertz CT molecular complexity index is 1130. The SMILES string of the molecule is O=C(c1csc(Nc2ccc(OC(F)F)cc2)n1)N1CCN(c2cccc(C(F)(F)F)c2)CC1. The molecule has 1 saturated heterocycles. The third-order valence-corrected chi connectivity index (χ3v) is 5.92. The summed E-state index contributed by atoms with van der Waals surface area (Å²) in [4.78, 5) is 20.5. The van der Waals surface area contributed by atoms with Crippen LogP contribution in [0.1, 0.15) is 16.1 Å². The van der Waals surface area contributed by atoms with Crippen molar-refractivity contribution in [3.05, 3.63) is 65.2 Å². The lowest BCUT2D eigenvalue weighted by molar-refractivity contribution is -0.137. The first-order chi connectivity index (χ1) is 16.2. The largest absolute Gasteiger partial charge is 0.435 e. The molecule has 180 valence electrons. The second-order valence-corrected chi connectivity index (χ2v) is 8.25. The number of amides is 1. The molecular weight excluding hydrogens is 479 g/mol. The summed E-state index contributed by atoms with van der Waals surface area (Å²) >= 11 is 1.21. The number of aromatic nitrogens is 1. The van der Waals surface area contributed by atoms with Gasteiger partial charge in [-0.05, 0) is 42.5 Å². The van der Waals surface area contributed by atoms with Gasteiger partial charge in [-0.25, -0.2) is 4.98 Å². The third-order valence-electron chi connectivity index (χ3n) is 5.16. The second kappa shape index (κ2) is 9.84. The first-order valence-corrected chi connectivity index (χ1v) is 11.1. The summed E-state index contributed by atoms with van der Waals surface area (Å²) in [5, 5.41) is 5.06. The van der Waals surface area contributed by atoms with Crippen LogP contribution in [0.4, 0.5) is 38.5 Å². The number of anilines is 3. The van der Waals surface area contributed by atoms with Crippen LogP contribution in [0.15, 0.2) is 53.9 Å². The number of halogens is 5. The number of nitrogens with zero attached hydrogens (tertiary/aromatic N) is 3. The molecule has 1 aromatic heterocycles. The smallest absolute Gasteiger partial charge is 0.416 e. The van der Waals surface area contributed by atoms with Crippen molar-refractivity contribution in [2.45, 2.75) is 12.8 Å². The Morgan fingerprint density at radius 1 is 1.06 bits per heavy atom. The van der Waals surface area contributed by atoms with Gasteiger partial charge in [-0.2, -0.15) is 22.0 Å². The maximum Gasteiger partial charge on any atom is 0.416 e. The van der Waals surface area contributed by atoms with E-state index >= 15 is 0 Å². The first-order valence-electron chi connectivity index (χ1n) is 10.2.